The molecule has 0 aliphatic carbocycles. The number of nitrogens with one attached hydrogen (secondary N) is 2. The molecule has 0 amide bonds. The normalized spacial score (nSPS) is 10.1. The topological polar surface area (TPSA) is 63.2 Å². The van der Waals surface area contributed by atoms with Crippen LogP contribution in [0.5, 0.6) is 0 Å². The van der Waals surface area contributed by atoms with Crippen LogP contribution in [0, 0.1) is 0 Å². The van der Waals surface area contributed by atoms with E-state index in [1.807, 2.05) is 0 Å². The number of thiazole rings is 1. The number of aromatic nitrogens is 1. The molecule has 0 fully saturated rings. The van der Waals surface area contributed by atoms with Gasteiger partial charge in [-0.2, -0.15) is 0 Å². The quantitative estimate of drug-likeness (QED) is 0.514. The van der Waals surface area contributed by atoms with Crippen molar-refractivity contribution in [2.45, 2.75) is 0 Å². The van der Waals surface area contributed by atoms with Crippen LogP contribution in [0.3, 0.4) is 0 Å². The van der Waals surface area contributed by atoms with E-state index in [2.05, 4.69) is 22.2 Å². The van der Waals surface area contributed by atoms with Crippen LogP contribution in [0.25, 0.3) is 10.2 Å². The molecule has 0 aliphatic heterocycles. The first-order valence-electron chi connectivity index (χ1n) is 5.78. The number of hydrogen-bond donors (Lipinski definition) is 2. The number of methoxy groups -OCH3 is 1. The summed E-state index contributed by atoms with van der Waals surface area (Å²) in [6.07, 6.45) is 1.72. The Bertz CT molecular complexity index is 667. The predicted octanol–water partition coefficient (Wildman–Crippen LogP) is 2.56. The molecule has 1 aromatic carbocycles. The smallest absolute Gasteiger partial charge is 0.337 e. The van der Waals surface area contributed by atoms with Crippen molar-refractivity contribution in [3.05, 3.63) is 36.4 Å². The minimum absolute atomic E-state index is 0.363. The standard InChI is InChI=1S/C13H13N3O2S2/c1-3-6-14-12(19)16-13-15-9-5-4-8(11(17)18-2)7-10(9)20-13/h3-5,7H,1,6H2,2H3,(H2,14,15,16,19). The number of fused-ring (bicyclic) bond motifs is 1. The number of carbonyl (C=O) groups excluding carboxylic acids is 1. The first-order valence-corrected chi connectivity index (χ1v) is 7.01. The first kappa shape index (κ1) is 14.4. The second kappa shape index (κ2) is 6.44. The summed E-state index contributed by atoms with van der Waals surface area (Å²) in [7, 11) is 1.36. The number of thiocarbonyl (C=S) groups is 1. The number of benzene rings is 1. The Morgan fingerprint density at radius 3 is 3.10 bits per heavy atom. The van der Waals surface area contributed by atoms with Crippen LogP contribution in [-0.4, -0.2) is 29.7 Å². The van der Waals surface area contributed by atoms with Crippen LogP contribution in [0.4, 0.5) is 5.13 Å². The molecule has 104 valence electrons. The minimum Gasteiger partial charge on any atom is -0.465 e. The van der Waals surface area contributed by atoms with Gasteiger partial charge in [0.15, 0.2) is 10.2 Å². The fourth-order valence-electron chi connectivity index (χ4n) is 1.53. The van der Waals surface area contributed by atoms with Gasteiger partial charge in [-0.3, -0.25) is 0 Å². The lowest BCUT2D eigenvalue weighted by molar-refractivity contribution is 0.0601. The summed E-state index contributed by atoms with van der Waals surface area (Å²) in [6, 6.07) is 5.22. The van der Waals surface area contributed by atoms with Gasteiger partial charge in [0.25, 0.3) is 0 Å². The lowest BCUT2D eigenvalue weighted by atomic mass is 10.2. The maximum atomic E-state index is 11.5. The molecule has 2 N–H and O–H groups in total. The Morgan fingerprint density at radius 2 is 2.40 bits per heavy atom. The lowest BCUT2D eigenvalue weighted by Crippen LogP contribution is -2.28. The van der Waals surface area contributed by atoms with Crippen molar-refractivity contribution in [2.24, 2.45) is 0 Å². The van der Waals surface area contributed by atoms with Gasteiger partial charge in [0.1, 0.15) is 0 Å². The van der Waals surface area contributed by atoms with E-state index < -0.39 is 0 Å². The number of nitrogens with zero attached hydrogens (tertiary/aromatic N) is 1. The van der Waals surface area contributed by atoms with Crippen LogP contribution in [0.2, 0.25) is 0 Å². The summed E-state index contributed by atoms with van der Waals surface area (Å²) in [5.41, 5.74) is 1.30. The predicted molar refractivity (Wildman–Crippen MR) is 85.4 cm³/mol. The molecule has 0 aliphatic rings. The molecular formula is C13H13N3O2S2. The van der Waals surface area contributed by atoms with Crippen molar-refractivity contribution < 1.29 is 9.53 Å². The third kappa shape index (κ3) is 3.31. The summed E-state index contributed by atoms with van der Waals surface area (Å²) in [5, 5.41) is 7.10. The summed E-state index contributed by atoms with van der Waals surface area (Å²) < 4.78 is 5.58. The molecule has 0 bridgehead atoms. The minimum atomic E-state index is -0.363. The van der Waals surface area contributed by atoms with Gasteiger partial charge in [-0.05, 0) is 30.4 Å². The molecule has 7 heteroatoms. The van der Waals surface area contributed by atoms with E-state index in [1.165, 1.54) is 18.4 Å². The zero-order valence-electron chi connectivity index (χ0n) is 10.8. The summed E-state index contributed by atoms with van der Waals surface area (Å²) in [5.74, 6) is -0.363. The van der Waals surface area contributed by atoms with Crippen molar-refractivity contribution >= 4 is 50.0 Å². The van der Waals surface area contributed by atoms with Gasteiger partial charge in [-0.25, -0.2) is 9.78 Å². The summed E-state index contributed by atoms with van der Waals surface area (Å²) >= 11 is 6.53. The monoisotopic (exact) mass is 307 g/mol. The maximum absolute atomic E-state index is 11.5. The van der Waals surface area contributed by atoms with Crippen LogP contribution in [0.15, 0.2) is 30.9 Å². The average molecular weight is 307 g/mol. The number of hydrogen-bond acceptors (Lipinski definition) is 5. The second-order valence-corrected chi connectivity index (χ2v) is 5.26. The SMILES string of the molecule is C=CCNC(=S)Nc1nc2ccc(C(=O)OC)cc2s1. The van der Waals surface area contributed by atoms with Crippen molar-refractivity contribution in [3.8, 4) is 0 Å². The third-order valence-corrected chi connectivity index (χ3v) is 3.62. The molecule has 0 saturated heterocycles. The van der Waals surface area contributed by atoms with Crippen LogP contribution in [0.1, 0.15) is 10.4 Å². The molecule has 0 unspecified atom stereocenters. The lowest BCUT2D eigenvalue weighted by Gasteiger charge is -2.04. The van der Waals surface area contributed by atoms with Crippen molar-refractivity contribution in [2.75, 3.05) is 19.0 Å². The molecule has 5 nitrogen and oxygen atoms in total. The van der Waals surface area contributed by atoms with Gasteiger partial charge in [-0.15, -0.1) is 6.58 Å². The molecule has 2 rings (SSSR count). The van der Waals surface area contributed by atoms with Crippen molar-refractivity contribution in [3.63, 3.8) is 0 Å². The highest BCUT2D eigenvalue weighted by Crippen LogP contribution is 2.26. The van der Waals surface area contributed by atoms with Crippen molar-refractivity contribution in [1.29, 1.82) is 0 Å². The second-order valence-electron chi connectivity index (χ2n) is 3.82. The number of anilines is 1. The summed E-state index contributed by atoms with van der Waals surface area (Å²) in [4.78, 5) is 15.9. The molecule has 0 spiro atoms. The molecule has 20 heavy (non-hydrogen) atoms. The molecule has 2 aromatic rings. The number of carbonyl (C=O) groups is 1. The number of rotatable bonds is 4. The van der Waals surface area contributed by atoms with E-state index in [1.54, 1.807) is 24.3 Å². The molecular weight excluding hydrogens is 294 g/mol. The van der Waals surface area contributed by atoms with Gasteiger partial charge < -0.3 is 15.4 Å². The van der Waals surface area contributed by atoms with Crippen LogP contribution < -0.4 is 10.6 Å². The van der Waals surface area contributed by atoms with Gasteiger partial charge in [0.2, 0.25) is 0 Å². The third-order valence-electron chi connectivity index (χ3n) is 2.44. The van der Waals surface area contributed by atoms with E-state index in [0.29, 0.717) is 22.4 Å². The van der Waals surface area contributed by atoms with Gasteiger partial charge in [-0.1, -0.05) is 17.4 Å². The van der Waals surface area contributed by atoms with E-state index >= 15 is 0 Å². The molecule has 0 radical (unpaired) electrons. The first-order chi connectivity index (χ1) is 9.63. The Labute approximate surface area is 125 Å². The number of esters is 1. The Kier molecular flexibility index (Phi) is 4.65. The zero-order chi connectivity index (χ0) is 14.5. The fourth-order valence-corrected chi connectivity index (χ4v) is 2.68. The largest absolute Gasteiger partial charge is 0.465 e. The average Bonchev–Trinajstić information content (AvgIpc) is 2.85. The molecule has 0 saturated carbocycles. The van der Waals surface area contributed by atoms with E-state index in [4.69, 9.17) is 17.0 Å². The van der Waals surface area contributed by atoms with E-state index in [9.17, 15) is 4.79 Å². The molecule has 1 heterocycles. The highest BCUT2D eigenvalue weighted by atomic mass is 32.1. The highest BCUT2D eigenvalue weighted by molar-refractivity contribution is 7.80. The van der Waals surface area contributed by atoms with Gasteiger partial charge >= 0.3 is 5.97 Å². The zero-order valence-corrected chi connectivity index (χ0v) is 12.4. The Balaban J connectivity index is 2.18. The summed E-state index contributed by atoms with van der Waals surface area (Å²) in [6.45, 7) is 4.19. The van der Waals surface area contributed by atoms with Gasteiger partial charge in [0.05, 0.1) is 22.9 Å². The number of ether oxygens (including phenoxy) is 1. The Hall–Kier alpha value is -1.99. The maximum Gasteiger partial charge on any atom is 0.337 e. The molecule has 0 atom stereocenters. The fraction of sp³-hybridized carbons (Fsp3) is 0.154. The van der Waals surface area contributed by atoms with Crippen molar-refractivity contribution in [1.82, 2.24) is 10.3 Å². The van der Waals surface area contributed by atoms with Gasteiger partial charge in [0, 0.05) is 6.54 Å². The Morgan fingerprint density at radius 1 is 1.60 bits per heavy atom. The van der Waals surface area contributed by atoms with Crippen LogP contribution in [-0.2, 0) is 4.74 Å². The molecule has 1 aromatic heterocycles. The van der Waals surface area contributed by atoms with E-state index in [-0.39, 0.29) is 5.97 Å². The van der Waals surface area contributed by atoms with Crippen LogP contribution >= 0.6 is 23.6 Å². The van der Waals surface area contributed by atoms with E-state index in [0.717, 1.165) is 10.2 Å². The highest BCUT2D eigenvalue weighted by Gasteiger charge is 2.10.